The molecule has 2 aliphatic rings. The smallest absolute Gasteiger partial charge is 0.0502 e. The number of anilines is 1. The number of benzene rings is 1. The first-order valence-corrected chi connectivity index (χ1v) is 8.50. The van der Waals surface area contributed by atoms with E-state index >= 15 is 0 Å². The third-order valence-corrected chi connectivity index (χ3v) is 6.16. The van der Waals surface area contributed by atoms with Crippen LogP contribution in [-0.2, 0) is 0 Å². The Morgan fingerprint density at radius 3 is 2.58 bits per heavy atom. The van der Waals surface area contributed by atoms with Gasteiger partial charge in [-0.25, -0.2) is 0 Å². The first-order valence-electron chi connectivity index (χ1n) is 7.33. The van der Waals surface area contributed by atoms with Gasteiger partial charge in [0.2, 0.25) is 0 Å². The first-order chi connectivity index (χ1) is 9.11. The maximum atomic E-state index is 6.25. The Kier molecular flexibility index (Phi) is 3.83. The van der Waals surface area contributed by atoms with Gasteiger partial charge in [-0.05, 0) is 71.6 Å². The SMILES string of the molecule is Cc1cc(Br)c(NC2CCC23CCCCC3)cc1Cl. The van der Waals surface area contributed by atoms with Gasteiger partial charge in [0.15, 0.2) is 0 Å². The number of rotatable bonds is 2. The monoisotopic (exact) mass is 341 g/mol. The van der Waals surface area contributed by atoms with Crippen LogP contribution in [0.4, 0.5) is 5.69 Å². The largest absolute Gasteiger partial charge is 0.381 e. The van der Waals surface area contributed by atoms with Crippen LogP contribution in [0.3, 0.4) is 0 Å². The molecule has 0 heterocycles. The molecule has 1 aromatic carbocycles. The summed E-state index contributed by atoms with van der Waals surface area (Å²) in [5.41, 5.74) is 2.86. The molecule has 2 aliphatic carbocycles. The average molecular weight is 343 g/mol. The lowest BCUT2D eigenvalue weighted by Gasteiger charge is -2.53. The number of aryl methyl sites for hydroxylation is 1. The molecule has 104 valence electrons. The van der Waals surface area contributed by atoms with Crippen molar-refractivity contribution in [2.24, 2.45) is 5.41 Å². The van der Waals surface area contributed by atoms with Crippen LogP contribution in [0.25, 0.3) is 0 Å². The van der Waals surface area contributed by atoms with Crippen LogP contribution in [0.5, 0.6) is 0 Å². The predicted octanol–water partition coefficient (Wildman–Crippen LogP) is 5.94. The lowest BCUT2D eigenvalue weighted by molar-refractivity contribution is 0.0571. The van der Waals surface area contributed by atoms with Crippen LogP contribution in [-0.4, -0.2) is 6.04 Å². The summed E-state index contributed by atoms with van der Waals surface area (Å²) in [6.07, 6.45) is 9.76. The number of hydrogen-bond donors (Lipinski definition) is 1. The summed E-state index contributed by atoms with van der Waals surface area (Å²) in [5, 5.41) is 4.59. The van der Waals surface area contributed by atoms with Gasteiger partial charge >= 0.3 is 0 Å². The minimum Gasteiger partial charge on any atom is -0.381 e. The minimum absolute atomic E-state index is 0.578. The molecular formula is C16H21BrClN. The molecule has 1 aromatic rings. The van der Waals surface area contributed by atoms with Crippen molar-refractivity contribution in [3.63, 3.8) is 0 Å². The lowest BCUT2D eigenvalue weighted by atomic mass is 9.57. The minimum atomic E-state index is 0.578. The third kappa shape index (κ3) is 2.54. The van der Waals surface area contributed by atoms with Crippen molar-refractivity contribution in [2.45, 2.75) is 57.9 Å². The molecule has 1 unspecified atom stereocenters. The van der Waals surface area contributed by atoms with Crippen molar-refractivity contribution in [2.75, 3.05) is 5.32 Å². The van der Waals surface area contributed by atoms with E-state index in [0.717, 1.165) is 20.7 Å². The molecule has 0 bridgehead atoms. The van der Waals surface area contributed by atoms with Gasteiger partial charge in [-0.2, -0.15) is 0 Å². The summed E-state index contributed by atoms with van der Waals surface area (Å²) in [6.45, 7) is 2.04. The van der Waals surface area contributed by atoms with Crippen LogP contribution < -0.4 is 5.32 Å². The molecule has 2 saturated carbocycles. The Morgan fingerprint density at radius 2 is 1.95 bits per heavy atom. The molecule has 0 aromatic heterocycles. The fourth-order valence-corrected chi connectivity index (χ4v) is 4.46. The quantitative estimate of drug-likeness (QED) is 0.701. The maximum Gasteiger partial charge on any atom is 0.0502 e. The third-order valence-electron chi connectivity index (χ3n) is 5.10. The second-order valence-electron chi connectivity index (χ2n) is 6.24. The van der Waals surface area contributed by atoms with E-state index in [4.69, 9.17) is 11.6 Å². The molecule has 0 aliphatic heterocycles. The summed E-state index contributed by atoms with van der Waals surface area (Å²) in [7, 11) is 0. The van der Waals surface area contributed by atoms with Crippen molar-refractivity contribution in [1.82, 2.24) is 0 Å². The molecular weight excluding hydrogens is 322 g/mol. The lowest BCUT2D eigenvalue weighted by Crippen LogP contribution is -2.50. The highest BCUT2D eigenvalue weighted by molar-refractivity contribution is 9.10. The average Bonchev–Trinajstić information content (AvgIpc) is 2.41. The fraction of sp³-hybridized carbons (Fsp3) is 0.625. The van der Waals surface area contributed by atoms with E-state index in [1.807, 2.05) is 6.92 Å². The van der Waals surface area contributed by atoms with Crippen LogP contribution >= 0.6 is 27.5 Å². The molecule has 1 atom stereocenters. The van der Waals surface area contributed by atoms with Gasteiger partial charge in [0, 0.05) is 15.5 Å². The highest BCUT2D eigenvalue weighted by Crippen LogP contribution is 2.53. The number of hydrogen-bond acceptors (Lipinski definition) is 1. The summed E-state index contributed by atoms with van der Waals surface area (Å²) in [4.78, 5) is 0. The number of halogens is 2. The normalized spacial score (nSPS) is 25.1. The Morgan fingerprint density at radius 1 is 1.21 bits per heavy atom. The van der Waals surface area contributed by atoms with Crippen LogP contribution in [0.1, 0.15) is 50.5 Å². The molecule has 2 fully saturated rings. The van der Waals surface area contributed by atoms with E-state index in [1.54, 1.807) is 0 Å². The second-order valence-corrected chi connectivity index (χ2v) is 7.50. The molecule has 0 radical (unpaired) electrons. The van der Waals surface area contributed by atoms with Gasteiger partial charge in [0.25, 0.3) is 0 Å². The molecule has 0 amide bonds. The molecule has 1 N–H and O–H groups in total. The van der Waals surface area contributed by atoms with Crippen molar-refractivity contribution in [3.8, 4) is 0 Å². The van der Waals surface area contributed by atoms with Gasteiger partial charge in [-0.1, -0.05) is 30.9 Å². The van der Waals surface area contributed by atoms with Crippen molar-refractivity contribution in [3.05, 3.63) is 27.2 Å². The van der Waals surface area contributed by atoms with E-state index in [1.165, 1.54) is 44.9 Å². The summed E-state index contributed by atoms with van der Waals surface area (Å²) in [5.74, 6) is 0. The van der Waals surface area contributed by atoms with Gasteiger partial charge in [0.05, 0.1) is 5.69 Å². The molecule has 3 heteroatoms. The number of nitrogens with one attached hydrogen (secondary N) is 1. The predicted molar refractivity (Wildman–Crippen MR) is 86.1 cm³/mol. The van der Waals surface area contributed by atoms with E-state index in [-0.39, 0.29) is 0 Å². The molecule has 1 nitrogen and oxygen atoms in total. The van der Waals surface area contributed by atoms with Gasteiger partial charge in [0.1, 0.15) is 0 Å². The Hall–Kier alpha value is -0.210. The summed E-state index contributed by atoms with van der Waals surface area (Å²) >= 11 is 9.90. The van der Waals surface area contributed by atoms with Crippen molar-refractivity contribution >= 4 is 33.2 Å². The van der Waals surface area contributed by atoms with Gasteiger partial charge < -0.3 is 5.32 Å². The highest BCUT2D eigenvalue weighted by Gasteiger charge is 2.46. The topological polar surface area (TPSA) is 12.0 Å². The first kappa shape index (κ1) is 13.8. The zero-order valence-electron chi connectivity index (χ0n) is 11.4. The summed E-state index contributed by atoms with van der Waals surface area (Å²) in [6, 6.07) is 4.81. The van der Waals surface area contributed by atoms with E-state index in [9.17, 15) is 0 Å². The zero-order chi connectivity index (χ0) is 13.5. The van der Waals surface area contributed by atoms with Gasteiger partial charge in [-0.3, -0.25) is 0 Å². The van der Waals surface area contributed by atoms with E-state index in [0.29, 0.717) is 11.5 Å². The molecule has 0 saturated heterocycles. The van der Waals surface area contributed by atoms with E-state index < -0.39 is 0 Å². The molecule has 1 spiro atoms. The molecule has 3 rings (SSSR count). The van der Waals surface area contributed by atoms with Crippen LogP contribution in [0.15, 0.2) is 16.6 Å². The standard InChI is InChI=1S/C16H21BrClN/c1-11-9-12(17)14(10-13(11)18)19-15-5-8-16(15)6-3-2-4-7-16/h9-10,15,19H,2-8H2,1H3. The Balaban J connectivity index is 1.76. The summed E-state index contributed by atoms with van der Waals surface area (Å²) < 4.78 is 1.13. The van der Waals surface area contributed by atoms with Crippen LogP contribution in [0, 0.1) is 12.3 Å². The second kappa shape index (κ2) is 5.29. The van der Waals surface area contributed by atoms with E-state index in [2.05, 4.69) is 33.4 Å². The zero-order valence-corrected chi connectivity index (χ0v) is 13.8. The highest BCUT2D eigenvalue weighted by atomic mass is 79.9. The Labute approximate surface area is 129 Å². The fourth-order valence-electron chi connectivity index (χ4n) is 3.72. The van der Waals surface area contributed by atoms with Crippen LogP contribution in [0.2, 0.25) is 5.02 Å². The van der Waals surface area contributed by atoms with Crippen molar-refractivity contribution < 1.29 is 0 Å². The maximum absolute atomic E-state index is 6.25. The Bertz CT molecular complexity index is 480. The van der Waals surface area contributed by atoms with Gasteiger partial charge in [-0.15, -0.1) is 0 Å². The van der Waals surface area contributed by atoms with Crippen molar-refractivity contribution in [1.29, 1.82) is 0 Å². The molecule has 19 heavy (non-hydrogen) atoms.